The SMILES string of the molecule is COc1ccc(S(=O)(=O)Cl)cc1C(=O)O.COc1ccccc1C(=O)O.O=S(=O)(O)Cl.[2HH]. The van der Waals surface area contributed by atoms with Crippen molar-refractivity contribution in [3.05, 3.63) is 53.6 Å². The minimum absolute atomic E-state index is 0. The van der Waals surface area contributed by atoms with E-state index in [1.54, 1.807) is 18.2 Å². The van der Waals surface area contributed by atoms with Gasteiger partial charge in [0.2, 0.25) is 0 Å². The van der Waals surface area contributed by atoms with E-state index < -0.39 is 30.3 Å². The van der Waals surface area contributed by atoms with Crippen LogP contribution in [0.5, 0.6) is 11.5 Å². The molecule has 0 bridgehead atoms. The summed E-state index contributed by atoms with van der Waals surface area (Å²) in [4.78, 5) is 21.0. The van der Waals surface area contributed by atoms with Gasteiger partial charge in [-0.2, -0.15) is 8.42 Å². The van der Waals surface area contributed by atoms with E-state index in [2.05, 4.69) is 10.7 Å². The van der Waals surface area contributed by atoms with Gasteiger partial charge in [-0.3, -0.25) is 4.55 Å². The van der Waals surface area contributed by atoms with Gasteiger partial charge in [-0.25, -0.2) is 18.0 Å². The Morgan fingerprint density at radius 3 is 1.61 bits per heavy atom. The first-order chi connectivity index (χ1) is 14.1. The topological polar surface area (TPSA) is 182 Å². The molecule has 174 valence electrons. The van der Waals surface area contributed by atoms with Gasteiger partial charge in [-0.05, 0) is 30.3 Å². The molecule has 2 aromatic carbocycles. The number of carboxylic acid groups (broad SMARTS) is 2. The van der Waals surface area contributed by atoms with E-state index in [1.165, 1.54) is 32.4 Å². The minimum Gasteiger partial charge on any atom is -0.496 e. The van der Waals surface area contributed by atoms with Crippen LogP contribution in [-0.4, -0.2) is 57.8 Å². The van der Waals surface area contributed by atoms with E-state index in [0.29, 0.717) is 5.75 Å². The number of benzene rings is 2. The van der Waals surface area contributed by atoms with Crippen molar-refractivity contribution in [1.82, 2.24) is 0 Å². The minimum atomic E-state index is -4.19. The molecule has 2 aromatic rings. The normalized spacial score (nSPS) is 10.5. The van der Waals surface area contributed by atoms with Gasteiger partial charge in [0.05, 0.1) is 19.1 Å². The van der Waals surface area contributed by atoms with Crippen LogP contribution in [0.4, 0.5) is 0 Å². The monoisotopic (exact) mass is 521 g/mol. The summed E-state index contributed by atoms with van der Waals surface area (Å²) < 4.78 is 56.6. The van der Waals surface area contributed by atoms with Crippen molar-refractivity contribution >= 4 is 51.7 Å². The molecule has 0 atom stereocenters. The predicted octanol–water partition coefficient (Wildman–Crippen LogP) is 2.99. The molecule has 31 heavy (non-hydrogen) atoms. The Balaban J connectivity index is 0. The summed E-state index contributed by atoms with van der Waals surface area (Å²) in [5, 5.41) is 17.4. The zero-order chi connectivity index (χ0) is 24.4. The first-order valence-electron chi connectivity index (χ1n) is 7.51. The van der Waals surface area contributed by atoms with Crippen molar-refractivity contribution < 1.29 is 52.1 Å². The van der Waals surface area contributed by atoms with Crippen molar-refractivity contribution in [2.45, 2.75) is 4.90 Å². The fourth-order valence-corrected chi connectivity index (χ4v) is 2.60. The third kappa shape index (κ3) is 11.4. The van der Waals surface area contributed by atoms with E-state index in [4.69, 9.17) is 43.3 Å². The Labute approximate surface area is 187 Å². The molecule has 0 saturated heterocycles. The molecule has 0 fully saturated rings. The highest BCUT2D eigenvalue weighted by molar-refractivity contribution is 8.13. The molecule has 15 heteroatoms. The number of rotatable bonds is 5. The quantitative estimate of drug-likeness (QED) is 0.388. The number of carboxylic acids is 2. The lowest BCUT2D eigenvalue weighted by molar-refractivity contribution is 0.0682. The maximum Gasteiger partial charge on any atom is 0.353 e. The molecule has 0 spiro atoms. The lowest BCUT2D eigenvalue weighted by atomic mass is 10.2. The second-order valence-corrected chi connectivity index (χ2v) is 9.58. The van der Waals surface area contributed by atoms with E-state index in [0.717, 1.165) is 6.07 Å². The van der Waals surface area contributed by atoms with E-state index in [1.807, 2.05) is 0 Å². The Bertz CT molecular complexity index is 1130. The van der Waals surface area contributed by atoms with E-state index in [9.17, 15) is 18.0 Å². The van der Waals surface area contributed by atoms with E-state index in [-0.39, 0.29) is 23.2 Å². The van der Waals surface area contributed by atoms with Crippen molar-refractivity contribution in [3.63, 3.8) is 0 Å². The van der Waals surface area contributed by atoms with Crippen LogP contribution in [-0.2, 0) is 18.4 Å². The highest BCUT2D eigenvalue weighted by Gasteiger charge is 2.17. The average Bonchev–Trinajstić information content (AvgIpc) is 2.65. The summed E-state index contributed by atoms with van der Waals surface area (Å²) in [5.41, 5.74) is -0.0609. The summed E-state index contributed by atoms with van der Waals surface area (Å²) in [7, 11) is 3.74. The lowest BCUT2D eigenvalue weighted by Gasteiger charge is -2.05. The standard InChI is InChI=1S/C8H7ClO5S.C8H8O3.ClHO3S.H2/c1-14-7-3-2-5(15(9,12)13)4-6(7)8(10)11;1-11-7-5-3-2-4-6(7)8(9)10;1-5(2,3)4;/h2-4H,1H3,(H,10,11);2-5H,1H3,(H,9,10);(H,2,3,4);1H/i;;;1+1. The highest BCUT2D eigenvalue weighted by Crippen LogP contribution is 2.24. The number of hydrogen-bond acceptors (Lipinski definition) is 8. The maximum absolute atomic E-state index is 10.9. The summed E-state index contributed by atoms with van der Waals surface area (Å²) in [6.07, 6.45) is 0. The first-order valence-corrected chi connectivity index (χ1v) is 12.1. The van der Waals surface area contributed by atoms with Crippen molar-refractivity contribution in [3.8, 4) is 11.5 Å². The zero-order valence-electron chi connectivity index (χ0n) is 15.7. The molecule has 0 radical (unpaired) electrons. The highest BCUT2D eigenvalue weighted by atomic mass is 35.7. The molecule has 0 saturated carbocycles. The van der Waals surface area contributed by atoms with Gasteiger partial charge >= 0.3 is 21.3 Å². The predicted molar refractivity (Wildman–Crippen MR) is 112 cm³/mol. The number of hydrogen-bond donors (Lipinski definition) is 3. The smallest absolute Gasteiger partial charge is 0.353 e. The number of halogens is 2. The molecule has 0 aliphatic heterocycles. The third-order valence-electron chi connectivity index (χ3n) is 3.02. The molecule has 0 aliphatic carbocycles. The summed E-state index contributed by atoms with van der Waals surface area (Å²) >= 11 is 0. The van der Waals surface area contributed by atoms with Gasteiger partial charge < -0.3 is 19.7 Å². The summed E-state index contributed by atoms with van der Waals surface area (Å²) in [6.45, 7) is 0. The molecule has 0 aromatic heterocycles. The van der Waals surface area contributed by atoms with Crippen molar-refractivity contribution in [1.29, 1.82) is 0 Å². The number of aromatic carboxylic acids is 2. The Morgan fingerprint density at radius 2 is 1.26 bits per heavy atom. The van der Waals surface area contributed by atoms with Gasteiger partial charge in [-0.1, -0.05) is 12.1 Å². The van der Waals surface area contributed by atoms with E-state index >= 15 is 0 Å². The molecule has 0 amide bonds. The van der Waals surface area contributed by atoms with Crippen LogP contribution in [0.1, 0.15) is 22.1 Å². The molecule has 2 rings (SSSR count). The molecular formula is C16H18Cl2O11S2. The Kier molecular flexibility index (Phi) is 11.3. The molecular weight excluding hydrogens is 503 g/mol. The fraction of sp³-hybridized carbons (Fsp3) is 0.125. The fourth-order valence-electron chi connectivity index (χ4n) is 1.83. The number of ether oxygens (including phenoxy) is 2. The van der Waals surface area contributed by atoms with Crippen LogP contribution >= 0.6 is 21.4 Å². The summed E-state index contributed by atoms with van der Waals surface area (Å²) in [6, 6.07) is 9.86. The maximum atomic E-state index is 10.9. The lowest BCUT2D eigenvalue weighted by Crippen LogP contribution is -2.02. The molecule has 11 nitrogen and oxygen atoms in total. The van der Waals surface area contributed by atoms with Gasteiger partial charge in [0.25, 0.3) is 9.05 Å². The van der Waals surface area contributed by atoms with Crippen molar-refractivity contribution in [2.75, 3.05) is 14.2 Å². The Morgan fingerprint density at radius 1 is 0.839 bits per heavy atom. The number of para-hydroxylation sites is 1. The van der Waals surface area contributed by atoms with Crippen molar-refractivity contribution in [2.24, 2.45) is 0 Å². The van der Waals surface area contributed by atoms with Gasteiger partial charge in [0.1, 0.15) is 22.6 Å². The van der Waals surface area contributed by atoms with Gasteiger partial charge in [0, 0.05) is 22.8 Å². The van der Waals surface area contributed by atoms with Gasteiger partial charge in [-0.15, -0.1) is 0 Å². The van der Waals surface area contributed by atoms with Gasteiger partial charge in [0.15, 0.2) is 0 Å². The van der Waals surface area contributed by atoms with Crippen LogP contribution in [0.25, 0.3) is 0 Å². The number of methoxy groups -OCH3 is 2. The molecule has 0 unspecified atom stereocenters. The van der Waals surface area contributed by atoms with Crippen LogP contribution in [0.15, 0.2) is 47.4 Å². The Hall–Kier alpha value is -2.58. The summed E-state index contributed by atoms with van der Waals surface area (Å²) in [5.74, 6) is -1.79. The second kappa shape index (κ2) is 12.3. The second-order valence-electron chi connectivity index (χ2n) is 5.02. The number of carbonyl (C=O) groups is 2. The molecule has 0 aliphatic rings. The first kappa shape index (κ1) is 28.4. The van der Waals surface area contributed by atoms with Crippen LogP contribution in [0, 0.1) is 0 Å². The average molecular weight is 522 g/mol. The van der Waals surface area contributed by atoms with Crippen LogP contribution < -0.4 is 9.47 Å². The molecule has 0 heterocycles. The zero-order valence-corrected chi connectivity index (χ0v) is 18.9. The van der Waals surface area contributed by atoms with Crippen LogP contribution in [0.3, 0.4) is 0 Å². The van der Waals surface area contributed by atoms with Crippen LogP contribution in [0.2, 0.25) is 0 Å². The third-order valence-corrected chi connectivity index (χ3v) is 4.37. The molecule has 3 N–H and O–H groups in total. The largest absolute Gasteiger partial charge is 0.496 e.